The predicted molar refractivity (Wildman–Crippen MR) is 75.8 cm³/mol. The van der Waals surface area contributed by atoms with Gasteiger partial charge in [-0.25, -0.2) is 0 Å². The smallest absolute Gasteiger partial charge is 0.0212 e. The van der Waals surface area contributed by atoms with E-state index in [2.05, 4.69) is 55.5 Å². The lowest BCUT2D eigenvalue weighted by atomic mass is 9.91. The van der Waals surface area contributed by atoms with Crippen LogP contribution in [0, 0.1) is 6.92 Å². The van der Waals surface area contributed by atoms with Crippen LogP contribution in [0.3, 0.4) is 0 Å². The summed E-state index contributed by atoms with van der Waals surface area (Å²) in [6, 6.07) is 19.0. The fourth-order valence-corrected chi connectivity index (χ4v) is 1.95. The molecule has 2 rings (SSSR count). The Morgan fingerprint density at radius 2 is 1.41 bits per heavy atom. The van der Waals surface area contributed by atoms with E-state index in [1.807, 2.05) is 6.07 Å². The van der Waals surface area contributed by atoms with Crippen LogP contribution in [0.2, 0.25) is 0 Å². The summed E-state index contributed by atoms with van der Waals surface area (Å²) in [5, 5.41) is 0. The minimum atomic E-state index is 0. The molecule has 1 nitrogen and oxygen atoms in total. The summed E-state index contributed by atoms with van der Waals surface area (Å²) >= 11 is 0. The summed E-state index contributed by atoms with van der Waals surface area (Å²) in [7, 11) is 0. The summed E-state index contributed by atoms with van der Waals surface area (Å²) < 4.78 is 0. The van der Waals surface area contributed by atoms with Crippen LogP contribution < -0.4 is 5.73 Å². The molecule has 0 amide bonds. The molecule has 90 valence electrons. The number of nitrogens with two attached hydrogens (primary N) is 1. The molecule has 0 saturated carbocycles. The zero-order valence-electron chi connectivity index (χ0n) is 9.97. The average molecular weight is 248 g/mol. The van der Waals surface area contributed by atoms with Crippen molar-refractivity contribution in [2.75, 3.05) is 6.54 Å². The molecule has 0 aliphatic heterocycles. The first-order valence-corrected chi connectivity index (χ1v) is 5.63. The van der Waals surface area contributed by atoms with Crippen molar-refractivity contribution < 1.29 is 0 Å². The molecule has 1 atom stereocenters. The van der Waals surface area contributed by atoms with Gasteiger partial charge >= 0.3 is 0 Å². The molecule has 2 N–H and O–H groups in total. The number of halogens is 1. The van der Waals surface area contributed by atoms with Gasteiger partial charge in [0.15, 0.2) is 0 Å². The molecule has 17 heavy (non-hydrogen) atoms. The van der Waals surface area contributed by atoms with Crippen molar-refractivity contribution in [1.29, 1.82) is 0 Å². The van der Waals surface area contributed by atoms with Gasteiger partial charge in [-0.2, -0.15) is 0 Å². The van der Waals surface area contributed by atoms with E-state index in [1.54, 1.807) is 0 Å². The van der Waals surface area contributed by atoms with Gasteiger partial charge in [0.25, 0.3) is 0 Å². The first-order chi connectivity index (χ1) is 7.81. The molecule has 0 spiro atoms. The molecule has 0 saturated heterocycles. The average Bonchev–Trinajstić information content (AvgIpc) is 2.34. The second-order valence-corrected chi connectivity index (χ2v) is 4.11. The number of aryl methyl sites for hydroxylation is 1. The highest BCUT2D eigenvalue weighted by Crippen LogP contribution is 2.23. The number of hydrogen-bond donors (Lipinski definition) is 1. The Hall–Kier alpha value is -1.31. The molecule has 0 aliphatic carbocycles. The van der Waals surface area contributed by atoms with Crippen molar-refractivity contribution in [2.45, 2.75) is 12.8 Å². The van der Waals surface area contributed by atoms with Crippen LogP contribution in [0.1, 0.15) is 22.6 Å². The quantitative estimate of drug-likeness (QED) is 0.883. The standard InChI is InChI=1S/C15H17N.ClH/c1-12-7-9-14(10-8-12)15(11-16)13-5-3-2-4-6-13;/h2-10,15H,11,16H2,1H3;1H. The topological polar surface area (TPSA) is 26.0 Å². The van der Waals surface area contributed by atoms with E-state index in [4.69, 9.17) is 5.73 Å². The minimum absolute atomic E-state index is 0. The minimum Gasteiger partial charge on any atom is -0.330 e. The fraction of sp³-hybridized carbons (Fsp3) is 0.200. The van der Waals surface area contributed by atoms with E-state index >= 15 is 0 Å². The van der Waals surface area contributed by atoms with Gasteiger partial charge in [-0.3, -0.25) is 0 Å². The fourth-order valence-electron chi connectivity index (χ4n) is 1.95. The van der Waals surface area contributed by atoms with E-state index < -0.39 is 0 Å². The van der Waals surface area contributed by atoms with Crippen LogP contribution in [-0.4, -0.2) is 6.54 Å². The van der Waals surface area contributed by atoms with Crippen molar-refractivity contribution in [3.05, 3.63) is 71.3 Å². The van der Waals surface area contributed by atoms with Crippen molar-refractivity contribution in [2.24, 2.45) is 5.73 Å². The van der Waals surface area contributed by atoms with Crippen LogP contribution in [-0.2, 0) is 0 Å². The molecule has 0 aliphatic rings. The highest BCUT2D eigenvalue weighted by Gasteiger charge is 2.11. The van der Waals surface area contributed by atoms with Crippen molar-refractivity contribution in [3.8, 4) is 0 Å². The van der Waals surface area contributed by atoms with Crippen molar-refractivity contribution >= 4 is 12.4 Å². The molecule has 2 heteroatoms. The maximum atomic E-state index is 5.87. The van der Waals surface area contributed by atoms with Gasteiger partial charge in [-0.1, -0.05) is 60.2 Å². The Bertz CT molecular complexity index is 436. The largest absolute Gasteiger partial charge is 0.330 e. The number of benzene rings is 2. The maximum absolute atomic E-state index is 5.87. The van der Waals surface area contributed by atoms with Crippen LogP contribution >= 0.6 is 12.4 Å². The van der Waals surface area contributed by atoms with Crippen molar-refractivity contribution in [1.82, 2.24) is 0 Å². The van der Waals surface area contributed by atoms with E-state index in [1.165, 1.54) is 16.7 Å². The van der Waals surface area contributed by atoms with Crippen LogP contribution in [0.4, 0.5) is 0 Å². The highest BCUT2D eigenvalue weighted by molar-refractivity contribution is 5.85. The Kier molecular flexibility index (Phi) is 5.20. The number of hydrogen-bond acceptors (Lipinski definition) is 1. The Morgan fingerprint density at radius 3 is 1.94 bits per heavy atom. The van der Waals surface area contributed by atoms with Gasteiger partial charge in [-0.05, 0) is 18.1 Å². The lowest BCUT2D eigenvalue weighted by Gasteiger charge is -2.15. The summed E-state index contributed by atoms with van der Waals surface area (Å²) in [4.78, 5) is 0. The first-order valence-electron chi connectivity index (χ1n) is 5.63. The second-order valence-electron chi connectivity index (χ2n) is 4.11. The Labute approximate surface area is 109 Å². The zero-order valence-corrected chi connectivity index (χ0v) is 10.8. The normalized spacial score (nSPS) is 11.6. The van der Waals surface area contributed by atoms with Gasteiger partial charge in [0, 0.05) is 12.5 Å². The molecule has 0 fully saturated rings. The van der Waals surface area contributed by atoms with Gasteiger partial charge in [0.1, 0.15) is 0 Å². The third-order valence-corrected chi connectivity index (χ3v) is 2.92. The summed E-state index contributed by atoms with van der Waals surface area (Å²) in [6.07, 6.45) is 0. The predicted octanol–water partition coefficient (Wildman–Crippen LogP) is 3.51. The van der Waals surface area contributed by atoms with Crippen LogP contribution in [0.5, 0.6) is 0 Å². The summed E-state index contributed by atoms with van der Waals surface area (Å²) in [5.41, 5.74) is 9.74. The van der Waals surface area contributed by atoms with Gasteiger partial charge in [-0.15, -0.1) is 12.4 Å². The molecule has 0 heterocycles. The van der Waals surface area contributed by atoms with Crippen molar-refractivity contribution in [3.63, 3.8) is 0 Å². The van der Waals surface area contributed by atoms with E-state index in [-0.39, 0.29) is 12.4 Å². The third-order valence-electron chi connectivity index (χ3n) is 2.92. The molecule has 0 radical (unpaired) electrons. The molecular weight excluding hydrogens is 230 g/mol. The second kappa shape index (κ2) is 6.43. The van der Waals surface area contributed by atoms with Gasteiger partial charge in [0.2, 0.25) is 0 Å². The molecule has 1 unspecified atom stereocenters. The lowest BCUT2D eigenvalue weighted by Crippen LogP contribution is -2.13. The molecule has 0 aromatic heterocycles. The monoisotopic (exact) mass is 247 g/mol. The molecule has 2 aromatic rings. The van der Waals surface area contributed by atoms with E-state index in [9.17, 15) is 0 Å². The van der Waals surface area contributed by atoms with Crippen LogP contribution in [0.25, 0.3) is 0 Å². The first kappa shape index (κ1) is 13.8. The Morgan fingerprint density at radius 1 is 0.882 bits per heavy atom. The summed E-state index contributed by atoms with van der Waals surface area (Å²) in [6.45, 7) is 2.75. The van der Waals surface area contributed by atoms with Crippen LogP contribution in [0.15, 0.2) is 54.6 Å². The molecular formula is C15H18ClN. The molecule has 2 aromatic carbocycles. The SMILES string of the molecule is Cc1ccc(C(CN)c2ccccc2)cc1.Cl. The number of rotatable bonds is 3. The maximum Gasteiger partial charge on any atom is 0.0212 e. The van der Waals surface area contributed by atoms with Gasteiger partial charge < -0.3 is 5.73 Å². The Balaban J connectivity index is 0.00000144. The van der Waals surface area contributed by atoms with E-state index in [0.29, 0.717) is 12.5 Å². The van der Waals surface area contributed by atoms with Gasteiger partial charge in [0.05, 0.1) is 0 Å². The summed E-state index contributed by atoms with van der Waals surface area (Å²) in [5.74, 6) is 0.307. The lowest BCUT2D eigenvalue weighted by molar-refractivity contribution is 0.819. The zero-order chi connectivity index (χ0) is 11.4. The van der Waals surface area contributed by atoms with E-state index in [0.717, 1.165) is 0 Å². The third kappa shape index (κ3) is 3.32. The highest BCUT2D eigenvalue weighted by atomic mass is 35.5. The molecule has 0 bridgehead atoms.